The van der Waals surface area contributed by atoms with Gasteiger partial charge >= 0.3 is 6.18 Å². The summed E-state index contributed by atoms with van der Waals surface area (Å²) in [6, 6.07) is 10.6. The van der Waals surface area contributed by atoms with Crippen molar-refractivity contribution in [2.75, 3.05) is 0 Å². The topological polar surface area (TPSA) is 17.1 Å². The largest absolute Gasteiger partial charge is 0.416 e. The van der Waals surface area contributed by atoms with E-state index in [0.29, 0.717) is 12.1 Å². The van der Waals surface area contributed by atoms with Gasteiger partial charge in [-0.3, -0.25) is 4.79 Å². The molecule has 0 aliphatic heterocycles. The smallest absolute Gasteiger partial charge is 0.289 e. The molecule has 0 saturated carbocycles. The van der Waals surface area contributed by atoms with Crippen molar-refractivity contribution in [1.29, 1.82) is 0 Å². The lowest BCUT2D eigenvalue weighted by molar-refractivity contribution is -0.137. The molecule has 0 amide bonds. The van der Waals surface area contributed by atoms with Crippen LogP contribution in [-0.2, 0) is 6.18 Å². The Kier molecular flexibility index (Phi) is 4.21. The molecule has 0 heterocycles. The van der Waals surface area contributed by atoms with E-state index in [1.807, 2.05) is 0 Å². The van der Waals surface area contributed by atoms with Gasteiger partial charge in [0.05, 0.1) is 5.56 Å². The summed E-state index contributed by atoms with van der Waals surface area (Å²) in [5, 5.41) is 0. The van der Waals surface area contributed by atoms with Gasteiger partial charge in [-0.05, 0) is 29.8 Å². The number of rotatable bonds is 3. The summed E-state index contributed by atoms with van der Waals surface area (Å²) < 4.78 is 50.9. The number of ketones is 1. The molecule has 108 valence electrons. The Bertz CT molecular complexity index is 672. The lowest BCUT2D eigenvalue weighted by atomic mass is 10.1. The van der Waals surface area contributed by atoms with Crippen LogP contribution in [-0.4, -0.2) is 5.78 Å². The normalized spacial score (nSPS) is 11.8. The van der Waals surface area contributed by atoms with Crippen LogP contribution in [0.3, 0.4) is 0 Å². The number of hydrogen-bond acceptors (Lipinski definition) is 1. The maximum Gasteiger partial charge on any atom is 0.416 e. The van der Waals surface area contributed by atoms with Crippen molar-refractivity contribution in [3.63, 3.8) is 0 Å². The summed E-state index contributed by atoms with van der Waals surface area (Å²) in [4.78, 5) is 11.8. The summed E-state index contributed by atoms with van der Waals surface area (Å²) >= 11 is 0. The first-order valence-corrected chi connectivity index (χ1v) is 6.01. The molecule has 0 aromatic heterocycles. The molecule has 0 fully saturated rings. The predicted molar refractivity (Wildman–Crippen MR) is 71.2 cm³/mol. The second-order valence-corrected chi connectivity index (χ2v) is 4.33. The second-order valence-electron chi connectivity index (χ2n) is 4.33. The Morgan fingerprint density at radius 3 is 2.29 bits per heavy atom. The highest BCUT2D eigenvalue weighted by atomic mass is 19.4. The summed E-state index contributed by atoms with van der Waals surface area (Å²) in [6.45, 7) is 0. The molecule has 0 unspecified atom stereocenters. The van der Waals surface area contributed by atoms with Crippen molar-refractivity contribution in [2.24, 2.45) is 0 Å². The van der Waals surface area contributed by atoms with Gasteiger partial charge in [0.1, 0.15) is 5.82 Å². The maximum absolute atomic E-state index is 13.2. The minimum absolute atomic E-state index is 0.338. The van der Waals surface area contributed by atoms with Crippen LogP contribution in [0.5, 0.6) is 0 Å². The van der Waals surface area contributed by atoms with Gasteiger partial charge < -0.3 is 0 Å². The fourth-order valence-corrected chi connectivity index (χ4v) is 1.73. The van der Waals surface area contributed by atoms with E-state index in [2.05, 4.69) is 0 Å². The molecule has 0 spiro atoms. The lowest BCUT2D eigenvalue weighted by Crippen LogP contribution is -2.08. The van der Waals surface area contributed by atoms with E-state index in [1.165, 1.54) is 6.08 Å². The highest BCUT2D eigenvalue weighted by Gasteiger charge is 2.31. The number of halogens is 4. The van der Waals surface area contributed by atoms with Gasteiger partial charge in [-0.1, -0.05) is 36.4 Å². The Labute approximate surface area is 118 Å². The molecule has 0 atom stereocenters. The predicted octanol–water partition coefficient (Wildman–Crippen LogP) is 4.74. The first-order chi connectivity index (χ1) is 9.86. The van der Waals surface area contributed by atoms with Gasteiger partial charge in [-0.15, -0.1) is 0 Å². The van der Waals surface area contributed by atoms with Crippen molar-refractivity contribution in [1.82, 2.24) is 0 Å². The molecule has 5 heteroatoms. The molecule has 0 aliphatic rings. The van der Waals surface area contributed by atoms with E-state index in [1.54, 1.807) is 30.3 Å². The molecule has 0 radical (unpaired) electrons. The number of hydrogen-bond donors (Lipinski definition) is 0. The molecular formula is C16H10F4O. The third-order valence-electron chi connectivity index (χ3n) is 2.74. The van der Waals surface area contributed by atoms with Crippen molar-refractivity contribution >= 4 is 11.9 Å². The monoisotopic (exact) mass is 294 g/mol. The average molecular weight is 294 g/mol. The number of alkyl halides is 3. The molecule has 1 nitrogen and oxygen atoms in total. The highest BCUT2D eigenvalue weighted by Crippen LogP contribution is 2.30. The van der Waals surface area contributed by atoms with Crippen LogP contribution in [0.15, 0.2) is 54.6 Å². The van der Waals surface area contributed by atoms with Gasteiger partial charge in [0.25, 0.3) is 0 Å². The fourth-order valence-electron chi connectivity index (χ4n) is 1.73. The van der Waals surface area contributed by atoms with E-state index in [9.17, 15) is 22.4 Å². The number of benzene rings is 2. The second kappa shape index (κ2) is 5.91. The van der Waals surface area contributed by atoms with Gasteiger partial charge in [0.2, 0.25) is 0 Å². The molecule has 0 bridgehead atoms. The summed E-state index contributed by atoms with van der Waals surface area (Å²) in [5.74, 6) is -1.79. The molecular weight excluding hydrogens is 284 g/mol. The zero-order valence-corrected chi connectivity index (χ0v) is 10.7. The Hall–Kier alpha value is -2.43. The Morgan fingerprint density at radius 1 is 1.00 bits per heavy atom. The Balaban J connectivity index is 2.28. The minimum atomic E-state index is -4.69. The molecule has 2 aromatic rings. The van der Waals surface area contributed by atoms with Crippen LogP contribution in [0.4, 0.5) is 17.6 Å². The number of carbonyl (C=O) groups excluding carboxylic acids is 1. The first-order valence-electron chi connectivity index (χ1n) is 6.01. The third kappa shape index (κ3) is 4.02. The molecule has 21 heavy (non-hydrogen) atoms. The minimum Gasteiger partial charge on any atom is -0.289 e. The molecule has 2 aromatic carbocycles. The fraction of sp³-hybridized carbons (Fsp3) is 0.0625. The van der Waals surface area contributed by atoms with Crippen LogP contribution in [0, 0.1) is 5.82 Å². The third-order valence-corrected chi connectivity index (χ3v) is 2.74. The van der Waals surface area contributed by atoms with E-state index in [4.69, 9.17) is 0 Å². The van der Waals surface area contributed by atoms with Gasteiger partial charge in [-0.25, -0.2) is 4.39 Å². The van der Waals surface area contributed by atoms with Crippen molar-refractivity contribution in [2.45, 2.75) is 6.18 Å². The van der Waals surface area contributed by atoms with Crippen molar-refractivity contribution in [3.05, 3.63) is 77.1 Å². The van der Waals surface area contributed by atoms with E-state index in [0.717, 1.165) is 17.7 Å². The van der Waals surface area contributed by atoms with Crippen LogP contribution in [0.25, 0.3) is 6.08 Å². The summed E-state index contributed by atoms with van der Waals surface area (Å²) in [5.41, 5.74) is -0.799. The quantitative estimate of drug-likeness (QED) is 0.454. The van der Waals surface area contributed by atoms with E-state index in [-0.39, 0.29) is 5.56 Å². The zero-order valence-electron chi connectivity index (χ0n) is 10.7. The summed E-state index contributed by atoms with van der Waals surface area (Å²) in [6.07, 6.45) is -2.12. The molecule has 0 saturated heterocycles. The van der Waals surface area contributed by atoms with Gasteiger partial charge in [0.15, 0.2) is 5.78 Å². The molecule has 0 aliphatic carbocycles. The number of allylic oxidation sites excluding steroid dienone is 1. The lowest BCUT2D eigenvalue weighted by Gasteiger charge is -2.08. The van der Waals surface area contributed by atoms with Crippen LogP contribution in [0.1, 0.15) is 21.5 Å². The molecule has 0 N–H and O–H groups in total. The number of carbonyl (C=O) groups is 1. The van der Waals surface area contributed by atoms with Crippen molar-refractivity contribution in [3.8, 4) is 0 Å². The van der Waals surface area contributed by atoms with Crippen LogP contribution >= 0.6 is 0 Å². The highest BCUT2D eigenvalue weighted by molar-refractivity contribution is 6.06. The van der Waals surface area contributed by atoms with Crippen LogP contribution in [0.2, 0.25) is 0 Å². The van der Waals surface area contributed by atoms with E-state index >= 15 is 0 Å². The Morgan fingerprint density at radius 2 is 1.67 bits per heavy atom. The van der Waals surface area contributed by atoms with Gasteiger partial charge in [0, 0.05) is 5.56 Å². The summed E-state index contributed by atoms with van der Waals surface area (Å²) in [7, 11) is 0. The standard InChI is InChI=1S/C16H10F4O/c17-14-9-12(8-13(10-14)16(18,19)20)15(21)7-6-11-4-2-1-3-5-11/h1-10H/b7-6+. The zero-order chi connectivity index (χ0) is 15.5. The van der Waals surface area contributed by atoms with Crippen molar-refractivity contribution < 1.29 is 22.4 Å². The van der Waals surface area contributed by atoms with E-state index < -0.39 is 23.3 Å². The first kappa shape index (κ1) is 15.0. The molecule has 2 rings (SSSR count). The SMILES string of the molecule is O=C(/C=C/c1ccccc1)c1cc(F)cc(C(F)(F)F)c1. The maximum atomic E-state index is 13.2. The van der Waals surface area contributed by atoms with Gasteiger partial charge in [-0.2, -0.15) is 13.2 Å². The average Bonchev–Trinajstić information content (AvgIpc) is 2.44. The van der Waals surface area contributed by atoms with Crippen LogP contribution < -0.4 is 0 Å².